The van der Waals surface area contributed by atoms with Crippen LogP contribution in [-0.4, -0.2) is 33.0 Å². The highest BCUT2D eigenvalue weighted by Gasteiger charge is 2.41. The average Bonchev–Trinajstić information content (AvgIpc) is 3.24. The summed E-state index contributed by atoms with van der Waals surface area (Å²) >= 11 is 1.53. The number of aromatic nitrogens is 3. The number of nitrogens with zero attached hydrogens (tertiary/aromatic N) is 3. The summed E-state index contributed by atoms with van der Waals surface area (Å²) in [5.41, 5.74) is 0.608. The number of hydrogen-bond donors (Lipinski definition) is 1. The molecule has 3 aromatic rings. The van der Waals surface area contributed by atoms with Crippen LogP contribution in [-0.2, 0) is 17.3 Å². The first-order chi connectivity index (χ1) is 16.5. The molecule has 1 heterocycles. The molecule has 0 spiro atoms. The predicted molar refractivity (Wildman–Crippen MR) is 131 cm³/mol. The summed E-state index contributed by atoms with van der Waals surface area (Å²) in [5, 5.41) is 12.6. The van der Waals surface area contributed by atoms with Gasteiger partial charge in [0.15, 0.2) is 11.0 Å². The van der Waals surface area contributed by atoms with Crippen LogP contribution >= 0.6 is 11.8 Å². The van der Waals surface area contributed by atoms with Gasteiger partial charge in [-0.15, -0.1) is 10.2 Å². The lowest BCUT2D eigenvalue weighted by atomic mass is 9.68. The van der Waals surface area contributed by atoms with Crippen molar-refractivity contribution in [3.05, 3.63) is 71.8 Å². The fourth-order valence-corrected chi connectivity index (χ4v) is 5.35. The van der Waals surface area contributed by atoms with E-state index in [1.807, 2.05) is 36.7 Å². The lowest BCUT2D eigenvalue weighted by molar-refractivity contribution is -0.128. The fraction of sp³-hybridized carbons (Fsp3) is 0.423. The highest BCUT2D eigenvalue weighted by Crippen LogP contribution is 2.40. The van der Waals surface area contributed by atoms with Crippen molar-refractivity contribution in [2.75, 3.05) is 12.4 Å². The summed E-state index contributed by atoms with van der Waals surface area (Å²) in [6.45, 7) is 2.42. The second-order valence-corrected chi connectivity index (χ2v) is 9.82. The Morgan fingerprint density at radius 1 is 1.12 bits per heavy atom. The quantitative estimate of drug-likeness (QED) is 0.335. The van der Waals surface area contributed by atoms with Gasteiger partial charge in [0.05, 0.1) is 18.1 Å². The smallest absolute Gasteiger partial charge is 0.231 e. The summed E-state index contributed by atoms with van der Waals surface area (Å²) in [7, 11) is 1.91. The number of rotatable bonds is 9. The van der Waals surface area contributed by atoms with Gasteiger partial charge in [-0.3, -0.25) is 4.79 Å². The molecule has 1 N–H and O–H groups in total. The normalized spacial score (nSPS) is 16.1. The fourth-order valence-electron chi connectivity index (χ4n) is 4.61. The van der Waals surface area contributed by atoms with Crippen molar-refractivity contribution in [2.24, 2.45) is 7.05 Å². The van der Waals surface area contributed by atoms with Crippen molar-refractivity contribution in [3.63, 3.8) is 0 Å². The van der Waals surface area contributed by atoms with Crippen LogP contribution in [0.25, 0.3) is 0 Å². The molecule has 1 aliphatic rings. The lowest BCUT2D eigenvalue weighted by Crippen LogP contribution is -2.46. The maximum Gasteiger partial charge on any atom is 0.231 e. The molecule has 1 aromatic heterocycles. The molecule has 1 saturated carbocycles. The Labute approximate surface area is 204 Å². The van der Waals surface area contributed by atoms with E-state index in [0.29, 0.717) is 23.9 Å². The monoisotopic (exact) mass is 482 g/mol. The first-order valence-corrected chi connectivity index (χ1v) is 12.7. The van der Waals surface area contributed by atoms with Crippen LogP contribution in [0.4, 0.5) is 4.39 Å². The number of benzene rings is 2. The largest absolute Gasteiger partial charge is 0.493 e. The number of carbonyl (C=O) groups excluding carboxylic acids is 1. The topological polar surface area (TPSA) is 69.0 Å². The van der Waals surface area contributed by atoms with E-state index in [-0.39, 0.29) is 17.8 Å². The molecule has 0 saturated heterocycles. The number of thioether (sulfide) groups is 1. The number of nitrogens with one attached hydrogen (secondary N) is 1. The molecule has 180 valence electrons. The molecule has 34 heavy (non-hydrogen) atoms. The summed E-state index contributed by atoms with van der Waals surface area (Å²) < 4.78 is 20.6. The zero-order valence-corrected chi connectivity index (χ0v) is 20.5. The minimum Gasteiger partial charge on any atom is -0.493 e. The van der Waals surface area contributed by atoms with Gasteiger partial charge in [0, 0.05) is 12.8 Å². The maximum atomic E-state index is 13.6. The van der Waals surface area contributed by atoms with Gasteiger partial charge in [0.2, 0.25) is 5.91 Å². The van der Waals surface area contributed by atoms with Crippen LogP contribution in [0, 0.1) is 5.82 Å². The van der Waals surface area contributed by atoms with Gasteiger partial charge in [0.25, 0.3) is 0 Å². The lowest BCUT2D eigenvalue weighted by Gasteiger charge is -2.37. The second-order valence-electron chi connectivity index (χ2n) is 8.75. The molecule has 1 fully saturated rings. The van der Waals surface area contributed by atoms with Crippen molar-refractivity contribution >= 4 is 17.7 Å². The number of amides is 1. The zero-order valence-electron chi connectivity index (χ0n) is 19.7. The molecular formula is C26H31FN4O2S. The number of halogens is 1. The molecule has 0 aliphatic heterocycles. The zero-order chi connectivity index (χ0) is 24.0. The van der Waals surface area contributed by atoms with Gasteiger partial charge in [-0.1, -0.05) is 61.4 Å². The summed E-state index contributed by atoms with van der Waals surface area (Å²) in [4.78, 5) is 13.6. The second kappa shape index (κ2) is 11.0. The summed E-state index contributed by atoms with van der Waals surface area (Å²) in [6, 6.07) is 15.9. The molecule has 0 radical (unpaired) electrons. The predicted octanol–water partition coefficient (Wildman–Crippen LogP) is 5.20. The molecule has 8 heteroatoms. The van der Waals surface area contributed by atoms with E-state index in [4.69, 9.17) is 4.74 Å². The molecule has 2 aromatic carbocycles. The third kappa shape index (κ3) is 5.43. The van der Waals surface area contributed by atoms with Gasteiger partial charge in [-0.2, -0.15) is 0 Å². The van der Waals surface area contributed by atoms with Crippen molar-refractivity contribution < 1.29 is 13.9 Å². The average molecular weight is 483 g/mol. The Kier molecular flexibility index (Phi) is 7.88. The van der Waals surface area contributed by atoms with E-state index in [2.05, 4.69) is 27.6 Å². The van der Waals surface area contributed by atoms with Crippen molar-refractivity contribution in [1.29, 1.82) is 0 Å². The molecule has 6 nitrogen and oxygen atoms in total. The van der Waals surface area contributed by atoms with Gasteiger partial charge >= 0.3 is 0 Å². The van der Waals surface area contributed by atoms with E-state index in [0.717, 1.165) is 36.4 Å². The minimum atomic E-state index is -0.484. The first kappa shape index (κ1) is 24.3. The van der Waals surface area contributed by atoms with Crippen LogP contribution in [0.3, 0.4) is 0 Å². The number of carbonyl (C=O) groups is 1. The Morgan fingerprint density at radius 3 is 2.53 bits per heavy atom. The molecular weight excluding hydrogens is 451 g/mol. The van der Waals surface area contributed by atoms with Crippen LogP contribution < -0.4 is 10.1 Å². The highest BCUT2D eigenvalue weighted by atomic mass is 32.2. The third-order valence-electron chi connectivity index (χ3n) is 6.47. The SMILES string of the molecule is C[C@@H](NC(=O)C1(c2ccccc2)CCCCC1)c1nnc(SCCOc2ccc(F)cc2)n1C. The Morgan fingerprint density at radius 2 is 1.82 bits per heavy atom. The number of ether oxygens (including phenoxy) is 1. The molecule has 4 rings (SSSR count). The number of hydrogen-bond acceptors (Lipinski definition) is 5. The van der Waals surface area contributed by atoms with Crippen molar-refractivity contribution in [3.8, 4) is 5.75 Å². The van der Waals surface area contributed by atoms with E-state index >= 15 is 0 Å². The first-order valence-electron chi connectivity index (χ1n) is 11.8. The molecule has 1 atom stereocenters. The minimum absolute atomic E-state index is 0.0656. The van der Waals surface area contributed by atoms with E-state index in [9.17, 15) is 9.18 Å². The molecule has 1 aliphatic carbocycles. The summed E-state index contributed by atoms with van der Waals surface area (Å²) in [5.74, 6) is 1.80. The van der Waals surface area contributed by atoms with Crippen LogP contribution in [0.2, 0.25) is 0 Å². The standard InChI is InChI=1S/C26H31FN4O2S/c1-19(28-24(32)26(15-7-4-8-16-26)20-9-5-3-6-10-20)23-29-30-25(31(23)2)34-18-17-33-22-13-11-21(27)12-14-22/h3,5-6,9-14,19H,4,7-8,15-18H2,1-2H3,(H,28,32)/t19-/m1/s1. The van der Waals surface area contributed by atoms with Crippen LogP contribution in [0.15, 0.2) is 59.8 Å². The maximum absolute atomic E-state index is 13.6. The van der Waals surface area contributed by atoms with Gasteiger partial charge in [-0.05, 0) is 49.6 Å². The van der Waals surface area contributed by atoms with Crippen LogP contribution in [0.5, 0.6) is 5.75 Å². The van der Waals surface area contributed by atoms with E-state index in [1.54, 1.807) is 12.1 Å². The Balaban J connectivity index is 1.37. The van der Waals surface area contributed by atoms with Gasteiger partial charge in [-0.25, -0.2) is 4.39 Å². The van der Waals surface area contributed by atoms with E-state index in [1.165, 1.54) is 30.3 Å². The van der Waals surface area contributed by atoms with E-state index < -0.39 is 5.41 Å². The molecule has 1 amide bonds. The van der Waals surface area contributed by atoms with Crippen molar-refractivity contribution in [1.82, 2.24) is 20.1 Å². The molecule has 0 unspecified atom stereocenters. The van der Waals surface area contributed by atoms with Crippen molar-refractivity contribution in [2.45, 2.75) is 55.6 Å². The molecule has 0 bridgehead atoms. The van der Waals surface area contributed by atoms with Gasteiger partial charge in [0.1, 0.15) is 11.6 Å². The highest BCUT2D eigenvalue weighted by molar-refractivity contribution is 7.99. The Bertz CT molecular complexity index is 1080. The third-order valence-corrected chi connectivity index (χ3v) is 7.45. The summed E-state index contributed by atoms with van der Waals surface area (Å²) in [6.07, 6.45) is 5.02. The van der Waals surface area contributed by atoms with Crippen LogP contribution in [0.1, 0.15) is 56.5 Å². The Hall–Kier alpha value is -2.87. The van der Waals surface area contributed by atoms with Gasteiger partial charge < -0.3 is 14.6 Å².